The second kappa shape index (κ2) is 7.46. The van der Waals surface area contributed by atoms with E-state index in [1.54, 1.807) is 6.07 Å². The lowest BCUT2D eigenvalue weighted by atomic mass is 9.84. The van der Waals surface area contributed by atoms with E-state index in [2.05, 4.69) is 39.4 Å². The maximum atomic E-state index is 15.1. The van der Waals surface area contributed by atoms with Gasteiger partial charge in [0.05, 0.1) is 11.2 Å². The number of rotatable bonds is 3. The van der Waals surface area contributed by atoms with Gasteiger partial charge < -0.3 is 20.9 Å². The molecule has 29 heavy (non-hydrogen) atoms. The summed E-state index contributed by atoms with van der Waals surface area (Å²) in [6, 6.07) is 12.5. The Balaban J connectivity index is 1.68. The van der Waals surface area contributed by atoms with Crippen molar-refractivity contribution in [1.29, 1.82) is 0 Å². The van der Waals surface area contributed by atoms with Crippen LogP contribution in [0.15, 0.2) is 36.4 Å². The molecule has 2 aromatic carbocycles. The summed E-state index contributed by atoms with van der Waals surface area (Å²) in [6.07, 6.45) is 4.11. The number of anilines is 2. The Kier molecular flexibility index (Phi) is 4.93. The molecule has 154 valence electrons. The number of piperidine rings is 1. The van der Waals surface area contributed by atoms with E-state index in [-0.39, 0.29) is 22.4 Å². The van der Waals surface area contributed by atoms with Crippen LogP contribution in [0.5, 0.6) is 0 Å². The predicted octanol–water partition coefficient (Wildman–Crippen LogP) is 3.66. The van der Waals surface area contributed by atoms with Crippen LogP contribution < -0.4 is 20.9 Å². The average Bonchev–Trinajstić information content (AvgIpc) is 3.10. The van der Waals surface area contributed by atoms with Crippen molar-refractivity contribution in [2.75, 3.05) is 42.5 Å². The third kappa shape index (κ3) is 2.94. The zero-order valence-corrected chi connectivity index (χ0v) is 17.4. The predicted molar refractivity (Wildman–Crippen MR) is 117 cm³/mol. The Morgan fingerprint density at radius 2 is 2.03 bits per heavy atom. The maximum absolute atomic E-state index is 15.1. The summed E-state index contributed by atoms with van der Waals surface area (Å²) in [5.74, 6) is -0.329. The number of fused-ring (bicyclic) bond motifs is 3. The van der Waals surface area contributed by atoms with Crippen molar-refractivity contribution < 1.29 is 4.39 Å². The molecule has 0 radical (unpaired) electrons. The molecule has 3 aliphatic heterocycles. The van der Waals surface area contributed by atoms with Gasteiger partial charge in [-0.1, -0.05) is 41.9 Å². The summed E-state index contributed by atoms with van der Waals surface area (Å²) in [5.41, 5.74) is 10.2. The van der Waals surface area contributed by atoms with Crippen LogP contribution in [0.3, 0.4) is 0 Å². The van der Waals surface area contributed by atoms with Gasteiger partial charge in [0.2, 0.25) is 0 Å². The minimum Gasteiger partial charge on any atom is -0.366 e. The number of hydrogen-bond acceptors (Lipinski definition) is 4. The van der Waals surface area contributed by atoms with Crippen LogP contribution >= 0.6 is 11.6 Å². The molecule has 3 N–H and O–H groups in total. The number of piperazine rings is 1. The lowest BCUT2D eigenvalue weighted by molar-refractivity contribution is 0.350. The Bertz CT molecular complexity index is 905. The molecule has 0 aromatic heterocycles. The first kappa shape index (κ1) is 19.2. The van der Waals surface area contributed by atoms with Crippen molar-refractivity contribution in [1.82, 2.24) is 5.32 Å². The normalized spacial score (nSPS) is 26.4. The van der Waals surface area contributed by atoms with E-state index in [4.69, 9.17) is 17.3 Å². The van der Waals surface area contributed by atoms with E-state index < -0.39 is 0 Å². The molecule has 6 heteroatoms. The molecule has 0 saturated carbocycles. The minimum atomic E-state index is -0.329. The molecule has 5 rings (SSSR count). The van der Waals surface area contributed by atoms with E-state index >= 15 is 4.39 Å². The van der Waals surface area contributed by atoms with E-state index in [0.29, 0.717) is 6.54 Å². The molecule has 4 nitrogen and oxygen atoms in total. The number of nitrogens with two attached hydrogens (primary N) is 1. The first-order chi connectivity index (χ1) is 14.2. The largest absolute Gasteiger partial charge is 0.366 e. The third-order valence-electron chi connectivity index (χ3n) is 6.98. The first-order valence-corrected chi connectivity index (χ1v) is 11.0. The second-order valence-corrected chi connectivity index (χ2v) is 8.88. The number of nitrogens with zero attached hydrogens (tertiary/aromatic N) is 2. The van der Waals surface area contributed by atoms with Crippen molar-refractivity contribution in [3.8, 4) is 0 Å². The zero-order valence-electron chi connectivity index (χ0n) is 16.6. The van der Waals surface area contributed by atoms with Gasteiger partial charge in [-0.2, -0.15) is 0 Å². The summed E-state index contributed by atoms with van der Waals surface area (Å²) >= 11 is 6.63. The van der Waals surface area contributed by atoms with Gasteiger partial charge in [-0.25, -0.2) is 4.39 Å². The Morgan fingerprint density at radius 1 is 1.21 bits per heavy atom. The van der Waals surface area contributed by atoms with E-state index in [9.17, 15) is 0 Å². The van der Waals surface area contributed by atoms with E-state index in [1.165, 1.54) is 11.1 Å². The van der Waals surface area contributed by atoms with Gasteiger partial charge in [-0.05, 0) is 30.9 Å². The van der Waals surface area contributed by atoms with Gasteiger partial charge >= 0.3 is 0 Å². The molecule has 1 unspecified atom stereocenters. The Hall–Kier alpha value is -1.82. The lowest BCUT2D eigenvalue weighted by Crippen LogP contribution is -2.57. The van der Waals surface area contributed by atoms with Crippen molar-refractivity contribution in [3.05, 3.63) is 58.4 Å². The van der Waals surface area contributed by atoms with Crippen molar-refractivity contribution in [2.45, 2.75) is 37.3 Å². The van der Waals surface area contributed by atoms with Crippen LogP contribution in [0, 0.1) is 5.82 Å². The highest BCUT2D eigenvalue weighted by molar-refractivity contribution is 6.34. The molecule has 3 aliphatic rings. The molecule has 2 saturated heterocycles. The Labute approximate surface area is 176 Å². The fourth-order valence-corrected chi connectivity index (χ4v) is 5.87. The summed E-state index contributed by atoms with van der Waals surface area (Å²) in [7, 11) is 0. The molecule has 2 fully saturated rings. The van der Waals surface area contributed by atoms with Crippen LogP contribution in [0.1, 0.15) is 30.4 Å². The van der Waals surface area contributed by atoms with E-state index in [1.807, 2.05) is 6.07 Å². The van der Waals surface area contributed by atoms with Crippen LogP contribution in [-0.2, 0) is 12.0 Å². The molecular formula is C23H28ClFN4. The smallest absolute Gasteiger partial charge is 0.145 e. The topological polar surface area (TPSA) is 44.5 Å². The van der Waals surface area contributed by atoms with Gasteiger partial charge in [0.15, 0.2) is 0 Å². The molecular weight excluding hydrogens is 387 g/mol. The quantitative estimate of drug-likeness (QED) is 0.804. The highest BCUT2D eigenvalue weighted by Crippen LogP contribution is 2.52. The summed E-state index contributed by atoms with van der Waals surface area (Å²) in [5, 5.41) is 3.83. The second-order valence-electron chi connectivity index (χ2n) is 8.50. The molecule has 0 amide bonds. The fraction of sp³-hybridized carbons (Fsp3) is 0.478. The summed E-state index contributed by atoms with van der Waals surface area (Å²) in [4.78, 5) is 4.69. The van der Waals surface area contributed by atoms with Crippen molar-refractivity contribution in [3.63, 3.8) is 0 Å². The number of halogens is 2. The molecule has 0 aliphatic carbocycles. The number of benzene rings is 2. The van der Waals surface area contributed by atoms with Crippen molar-refractivity contribution in [2.24, 2.45) is 5.73 Å². The molecule has 0 spiro atoms. The van der Waals surface area contributed by atoms with Crippen LogP contribution in [0.2, 0.25) is 5.02 Å². The van der Waals surface area contributed by atoms with Crippen LogP contribution in [0.4, 0.5) is 15.8 Å². The Morgan fingerprint density at radius 3 is 2.83 bits per heavy atom. The fourth-order valence-electron chi connectivity index (χ4n) is 5.60. The SMILES string of the molecule is NCC1CCCCN1c1c(Cl)c(F)cc2c1C[C@]1(c3ccccc3)CNCCN21. The third-order valence-corrected chi connectivity index (χ3v) is 7.34. The van der Waals surface area contributed by atoms with E-state index in [0.717, 1.165) is 63.2 Å². The molecule has 0 bridgehead atoms. The maximum Gasteiger partial charge on any atom is 0.145 e. The summed E-state index contributed by atoms with van der Waals surface area (Å²) in [6.45, 7) is 4.03. The highest BCUT2D eigenvalue weighted by Gasteiger charge is 2.48. The van der Waals surface area contributed by atoms with Gasteiger partial charge in [-0.15, -0.1) is 0 Å². The van der Waals surface area contributed by atoms with Crippen molar-refractivity contribution >= 4 is 23.0 Å². The molecule has 3 heterocycles. The van der Waals surface area contributed by atoms with Gasteiger partial charge in [0.25, 0.3) is 0 Å². The first-order valence-electron chi connectivity index (χ1n) is 10.7. The van der Waals surface area contributed by atoms with Crippen LogP contribution in [-0.4, -0.2) is 38.8 Å². The van der Waals surface area contributed by atoms with Gasteiger partial charge in [-0.3, -0.25) is 0 Å². The lowest BCUT2D eigenvalue weighted by Gasteiger charge is -2.45. The monoisotopic (exact) mass is 414 g/mol. The number of nitrogens with one attached hydrogen (secondary N) is 1. The average molecular weight is 415 g/mol. The zero-order chi connectivity index (χ0) is 20.0. The number of hydrogen-bond donors (Lipinski definition) is 2. The molecule has 2 aromatic rings. The standard InChI is InChI=1S/C23H28ClFN4/c24-21-19(25)12-20-18(22(21)28-10-5-4-8-17(28)14-26)13-23(15-27-9-11-29(20)23)16-6-2-1-3-7-16/h1-3,6-7,12,17,27H,4-5,8-11,13-15,26H2/t17?,23-/m1/s1. The summed E-state index contributed by atoms with van der Waals surface area (Å²) < 4.78 is 15.1. The highest BCUT2D eigenvalue weighted by atomic mass is 35.5. The minimum absolute atomic E-state index is 0.207. The van der Waals surface area contributed by atoms with Gasteiger partial charge in [0, 0.05) is 56.4 Å². The van der Waals surface area contributed by atoms with Crippen LogP contribution in [0.25, 0.3) is 0 Å². The molecule has 2 atom stereocenters. The van der Waals surface area contributed by atoms with Gasteiger partial charge in [0.1, 0.15) is 10.8 Å².